The van der Waals surface area contributed by atoms with Gasteiger partial charge in [0.25, 0.3) is 5.60 Å². The number of halogens is 6. The lowest BCUT2D eigenvalue weighted by molar-refractivity contribution is -0.376. The second kappa shape index (κ2) is 4.03. The van der Waals surface area contributed by atoms with Gasteiger partial charge in [-0.3, -0.25) is 0 Å². The van der Waals surface area contributed by atoms with Crippen molar-refractivity contribution in [3.63, 3.8) is 0 Å². The largest absolute Gasteiger partial charge is 0.430 e. The molecule has 0 radical (unpaired) electrons. The lowest BCUT2D eigenvalue weighted by Crippen LogP contribution is -2.53. The van der Waals surface area contributed by atoms with Gasteiger partial charge >= 0.3 is 12.4 Å². The highest BCUT2D eigenvalue weighted by molar-refractivity contribution is 5.57. The monoisotopic (exact) mass is 285 g/mol. The van der Waals surface area contributed by atoms with Gasteiger partial charge in [-0.25, -0.2) is 0 Å². The maximum atomic E-state index is 12.7. The summed E-state index contributed by atoms with van der Waals surface area (Å²) in [5.41, 5.74) is -5.26. The molecule has 0 atom stereocenters. The van der Waals surface area contributed by atoms with E-state index in [4.69, 9.17) is 0 Å². The van der Waals surface area contributed by atoms with E-state index in [0.717, 1.165) is 12.1 Å². The molecule has 1 aliphatic rings. The molecule has 0 aliphatic carbocycles. The van der Waals surface area contributed by atoms with Crippen LogP contribution in [0.5, 0.6) is 0 Å². The van der Waals surface area contributed by atoms with Crippen molar-refractivity contribution in [1.29, 1.82) is 0 Å². The quantitative estimate of drug-likeness (QED) is 0.777. The zero-order chi connectivity index (χ0) is 14.5. The summed E-state index contributed by atoms with van der Waals surface area (Å²) in [7, 11) is 0. The number of benzene rings is 1. The first-order valence-electron chi connectivity index (χ1n) is 5.30. The number of rotatable bonds is 1. The summed E-state index contributed by atoms with van der Waals surface area (Å²) in [5.74, 6) is 0. The second-order valence-electron chi connectivity index (χ2n) is 4.25. The van der Waals surface area contributed by atoms with Crippen molar-refractivity contribution in [2.24, 2.45) is 0 Å². The maximum Gasteiger partial charge on any atom is 0.430 e. The molecular formula is C11H9F6NO. The van der Waals surface area contributed by atoms with E-state index in [9.17, 15) is 31.4 Å². The van der Waals surface area contributed by atoms with Gasteiger partial charge in [0.15, 0.2) is 0 Å². The summed E-state index contributed by atoms with van der Waals surface area (Å²) in [6.07, 6.45) is -11.4. The van der Waals surface area contributed by atoms with Crippen molar-refractivity contribution in [3.05, 3.63) is 29.3 Å². The van der Waals surface area contributed by atoms with Gasteiger partial charge in [-0.1, -0.05) is 12.1 Å². The maximum absolute atomic E-state index is 12.7. The van der Waals surface area contributed by atoms with Gasteiger partial charge in [-0.2, -0.15) is 26.3 Å². The Kier molecular flexibility index (Phi) is 2.96. The van der Waals surface area contributed by atoms with Crippen LogP contribution in [0.25, 0.3) is 0 Å². The molecule has 2 N–H and O–H groups in total. The molecule has 0 saturated heterocycles. The Balaban J connectivity index is 2.57. The van der Waals surface area contributed by atoms with E-state index < -0.39 is 23.5 Å². The van der Waals surface area contributed by atoms with Crippen molar-refractivity contribution < 1.29 is 31.4 Å². The lowest BCUT2D eigenvalue weighted by atomic mass is 9.90. The van der Waals surface area contributed by atoms with E-state index in [1.165, 1.54) is 0 Å². The number of fused-ring (bicyclic) bond motifs is 1. The minimum atomic E-state index is -5.84. The molecule has 0 spiro atoms. The predicted octanol–water partition coefficient (Wildman–Crippen LogP) is 2.97. The molecule has 1 aromatic rings. The number of nitrogens with one attached hydrogen (secondary N) is 1. The number of anilines is 1. The van der Waals surface area contributed by atoms with Gasteiger partial charge in [0.2, 0.25) is 0 Å². The first-order valence-corrected chi connectivity index (χ1v) is 5.30. The highest BCUT2D eigenvalue weighted by Crippen LogP contribution is 2.50. The van der Waals surface area contributed by atoms with Crippen LogP contribution in [-0.4, -0.2) is 24.0 Å². The Morgan fingerprint density at radius 3 is 2.11 bits per heavy atom. The summed E-state index contributed by atoms with van der Waals surface area (Å²) >= 11 is 0. The van der Waals surface area contributed by atoms with Crippen molar-refractivity contribution in [2.75, 3.05) is 11.9 Å². The molecular weight excluding hydrogens is 276 g/mol. The molecule has 8 heteroatoms. The van der Waals surface area contributed by atoms with E-state index in [0.29, 0.717) is 30.3 Å². The summed E-state index contributed by atoms with van der Waals surface area (Å²) in [6.45, 7) is 0.440. The van der Waals surface area contributed by atoms with Crippen LogP contribution in [0, 0.1) is 0 Å². The average Bonchev–Trinajstić information content (AvgIpc) is 2.71. The molecule has 1 heterocycles. The van der Waals surface area contributed by atoms with Gasteiger partial charge in [0.1, 0.15) is 0 Å². The summed E-state index contributed by atoms with van der Waals surface area (Å²) in [6, 6.07) is 2.49. The zero-order valence-corrected chi connectivity index (χ0v) is 9.36. The van der Waals surface area contributed by atoms with Gasteiger partial charge in [0, 0.05) is 17.8 Å². The standard InChI is InChI=1S/C11H9F6NO/c12-10(13,14)9(19,11(15,16)17)7-1-2-8-6(5-7)3-4-18-8/h1-2,5,18-19H,3-4H2. The number of aliphatic hydroxyl groups is 1. The first kappa shape index (κ1) is 14.0. The van der Waals surface area contributed by atoms with Crippen LogP contribution in [0.1, 0.15) is 11.1 Å². The molecule has 0 fully saturated rings. The molecule has 0 saturated carbocycles. The normalized spacial score (nSPS) is 16.2. The van der Waals surface area contributed by atoms with Crippen molar-refractivity contribution in [1.82, 2.24) is 0 Å². The van der Waals surface area contributed by atoms with Crippen molar-refractivity contribution in [3.8, 4) is 0 Å². The van der Waals surface area contributed by atoms with E-state index in [2.05, 4.69) is 5.32 Å². The fraction of sp³-hybridized carbons (Fsp3) is 0.455. The molecule has 19 heavy (non-hydrogen) atoms. The molecule has 0 aromatic heterocycles. The summed E-state index contributed by atoms with van der Waals surface area (Å²) in [4.78, 5) is 0. The summed E-state index contributed by atoms with van der Waals surface area (Å²) < 4.78 is 75.9. The molecule has 2 nitrogen and oxygen atoms in total. The Labute approximate surface area is 104 Å². The van der Waals surface area contributed by atoms with Crippen molar-refractivity contribution >= 4 is 5.69 Å². The van der Waals surface area contributed by atoms with Crippen molar-refractivity contribution in [2.45, 2.75) is 24.4 Å². The predicted molar refractivity (Wildman–Crippen MR) is 54.6 cm³/mol. The van der Waals surface area contributed by atoms with Crippen LogP contribution in [0.3, 0.4) is 0 Å². The zero-order valence-electron chi connectivity index (χ0n) is 9.36. The Morgan fingerprint density at radius 1 is 1.00 bits per heavy atom. The molecule has 1 aliphatic heterocycles. The SMILES string of the molecule is OC(c1ccc2c(c1)CCN2)(C(F)(F)F)C(F)(F)F. The van der Waals surface area contributed by atoms with Crippen LogP contribution in [0.15, 0.2) is 18.2 Å². The van der Waals surface area contributed by atoms with E-state index >= 15 is 0 Å². The van der Waals surface area contributed by atoms with E-state index in [-0.39, 0.29) is 0 Å². The molecule has 0 bridgehead atoms. The molecule has 0 unspecified atom stereocenters. The number of hydrogen-bond acceptors (Lipinski definition) is 2. The Hall–Kier alpha value is -1.44. The van der Waals surface area contributed by atoms with Gasteiger partial charge in [-0.05, 0) is 18.1 Å². The minimum Gasteiger partial charge on any atom is -0.384 e. The first-order chi connectivity index (χ1) is 8.57. The highest BCUT2D eigenvalue weighted by Gasteiger charge is 2.71. The molecule has 106 valence electrons. The van der Waals surface area contributed by atoms with Gasteiger partial charge in [-0.15, -0.1) is 0 Å². The van der Waals surface area contributed by atoms with Crippen LogP contribution >= 0.6 is 0 Å². The third-order valence-corrected chi connectivity index (χ3v) is 3.05. The van der Waals surface area contributed by atoms with Crippen LogP contribution < -0.4 is 5.32 Å². The fourth-order valence-corrected chi connectivity index (χ4v) is 2.02. The smallest absolute Gasteiger partial charge is 0.384 e. The molecule has 0 amide bonds. The third-order valence-electron chi connectivity index (χ3n) is 3.05. The number of alkyl halides is 6. The topological polar surface area (TPSA) is 32.3 Å². The van der Waals surface area contributed by atoms with Crippen LogP contribution in [-0.2, 0) is 12.0 Å². The van der Waals surface area contributed by atoms with Gasteiger partial charge in [0.05, 0.1) is 0 Å². The second-order valence-corrected chi connectivity index (χ2v) is 4.25. The van der Waals surface area contributed by atoms with Crippen LogP contribution in [0.2, 0.25) is 0 Å². The average molecular weight is 285 g/mol. The highest BCUT2D eigenvalue weighted by atomic mass is 19.4. The molecule has 1 aromatic carbocycles. The fourth-order valence-electron chi connectivity index (χ4n) is 2.02. The summed E-state index contributed by atoms with van der Waals surface area (Å²) in [5, 5.41) is 12.0. The van der Waals surface area contributed by atoms with E-state index in [1.807, 2.05) is 0 Å². The minimum absolute atomic E-state index is 0.314. The van der Waals surface area contributed by atoms with Gasteiger partial charge < -0.3 is 10.4 Å². The van der Waals surface area contributed by atoms with Crippen LogP contribution in [0.4, 0.5) is 32.0 Å². The Bertz CT molecular complexity index is 479. The molecule has 2 rings (SSSR count). The Morgan fingerprint density at radius 2 is 1.58 bits per heavy atom. The third kappa shape index (κ3) is 2.03. The van der Waals surface area contributed by atoms with E-state index in [1.54, 1.807) is 0 Å². The lowest BCUT2D eigenvalue weighted by Gasteiger charge is -2.32. The number of hydrogen-bond donors (Lipinski definition) is 2.